The van der Waals surface area contributed by atoms with Crippen LogP contribution in [0.2, 0.25) is 0 Å². The minimum Gasteiger partial charge on any atom is -0.466 e. The van der Waals surface area contributed by atoms with Crippen LogP contribution in [0.4, 0.5) is 0 Å². The average molecular weight is 224 g/mol. The van der Waals surface area contributed by atoms with Crippen LogP contribution in [-0.2, 0) is 9.53 Å². The second-order valence-corrected chi connectivity index (χ2v) is 4.35. The van der Waals surface area contributed by atoms with Gasteiger partial charge in [0, 0.05) is 6.42 Å². The summed E-state index contributed by atoms with van der Waals surface area (Å²) in [4.78, 5) is 11.1. The van der Waals surface area contributed by atoms with Crippen molar-refractivity contribution in [1.82, 2.24) is 0 Å². The molecule has 0 radical (unpaired) electrons. The molecule has 0 heterocycles. The minimum absolute atomic E-state index is 0.0767. The summed E-state index contributed by atoms with van der Waals surface area (Å²) in [5.41, 5.74) is 1.07. The number of esters is 1. The highest BCUT2D eigenvalue weighted by atomic mass is 16.5. The molecule has 0 aromatic carbocycles. The summed E-state index contributed by atoms with van der Waals surface area (Å²) in [6.07, 6.45) is 7.48. The minimum atomic E-state index is -0.0767. The van der Waals surface area contributed by atoms with Gasteiger partial charge >= 0.3 is 5.97 Å². The number of hydrogen-bond donors (Lipinski definition) is 0. The zero-order chi connectivity index (χ0) is 12.4. The molecule has 0 aromatic heterocycles. The molecule has 0 N–H and O–H groups in total. The molecule has 0 saturated heterocycles. The zero-order valence-corrected chi connectivity index (χ0v) is 10.8. The highest BCUT2D eigenvalue weighted by molar-refractivity contribution is 5.69. The van der Waals surface area contributed by atoms with Crippen molar-refractivity contribution in [2.75, 3.05) is 6.61 Å². The Kier molecular flexibility index (Phi) is 8.59. The van der Waals surface area contributed by atoms with Gasteiger partial charge < -0.3 is 4.74 Å². The highest BCUT2D eigenvalue weighted by Crippen LogP contribution is 2.09. The Morgan fingerprint density at radius 1 is 1.50 bits per heavy atom. The number of carbonyl (C=O) groups excluding carboxylic acids is 1. The molecule has 0 fully saturated rings. The third-order valence-corrected chi connectivity index (χ3v) is 2.27. The summed E-state index contributed by atoms with van der Waals surface area (Å²) < 4.78 is 5.10. The second kappa shape index (κ2) is 9.20. The Labute approximate surface area is 99.4 Å². The molecule has 0 bridgehead atoms. The topological polar surface area (TPSA) is 26.3 Å². The van der Waals surface area contributed by atoms with Crippen LogP contribution in [0.15, 0.2) is 24.3 Å². The standard InChI is InChI=1S/C14H24O2/c1-5-7-14(15)16-11-10-13(4)9-6-8-12(2)3/h6,8,13H,2,5,7,9-11H2,1,3-4H3. The van der Waals surface area contributed by atoms with E-state index in [9.17, 15) is 4.79 Å². The first-order valence-corrected chi connectivity index (χ1v) is 6.04. The summed E-state index contributed by atoms with van der Waals surface area (Å²) in [5.74, 6) is 0.470. The summed E-state index contributed by atoms with van der Waals surface area (Å²) in [7, 11) is 0. The fourth-order valence-electron chi connectivity index (χ4n) is 1.27. The van der Waals surface area contributed by atoms with Gasteiger partial charge in [-0.15, -0.1) is 0 Å². The van der Waals surface area contributed by atoms with Crippen LogP contribution >= 0.6 is 0 Å². The number of hydrogen-bond acceptors (Lipinski definition) is 2. The van der Waals surface area contributed by atoms with Crippen molar-refractivity contribution >= 4 is 5.97 Å². The van der Waals surface area contributed by atoms with Gasteiger partial charge in [0.05, 0.1) is 6.61 Å². The Hall–Kier alpha value is -1.05. The van der Waals surface area contributed by atoms with Crippen molar-refractivity contribution in [2.45, 2.75) is 46.5 Å². The van der Waals surface area contributed by atoms with Gasteiger partial charge in [-0.1, -0.05) is 38.2 Å². The van der Waals surface area contributed by atoms with Gasteiger partial charge in [-0.05, 0) is 32.1 Å². The van der Waals surface area contributed by atoms with Gasteiger partial charge in [-0.3, -0.25) is 4.79 Å². The molecule has 1 atom stereocenters. The molecule has 2 heteroatoms. The summed E-state index contributed by atoms with van der Waals surface area (Å²) in [6, 6.07) is 0. The quantitative estimate of drug-likeness (QED) is 0.462. The van der Waals surface area contributed by atoms with E-state index in [4.69, 9.17) is 4.74 Å². The second-order valence-electron chi connectivity index (χ2n) is 4.35. The van der Waals surface area contributed by atoms with E-state index in [1.54, 1.807) is 0 Å². The summed E-state index contributed by atoms with van der Waals surface area (Å²) >= 11 is 0. The predicted octanol–water partition coefficient (Wildman–Crippen LogP) is 3.88. The van der Waals surface area contributed by atoms with Crippen LogP contribution in [0, 0.1) is 5.92 Å². The number of allylic oxidation sites excluding steroid dienone is 3. The molecule has 0 rings (SSSR count). The first-order valence-electron chi connectivity index (χ1n) is 6.04. The number of ether oxygens (including phenoxy) is 1. The molecule has 0 spiro atoms. The van der Waals surface area contributed by atoms with E-state index in [1.807, 2.05) is 19.9 Å². The maximum Gasteiger partial charge on any atom is 0.305 e. The number of carbonyl (C=O) groups is 1. The van der Waals surface area contributed by atoms with Crippen LogP contribution in [0.5, 0.6) is 0 Å². The highest BCUT2D eigenvalue weighted by Gasteiger charge is 2.03. The molecular formula is C14H24O2. The first kappa shape index (κ1) is 14.9. The van der Waals surface area contributed by atoms with Crippen LogP contribution in [-0.4, -0.2) is 12.6 Å². The average Bonchev–Trinajstić information content (AvgIpc) is 2.17. The van der Waals surface area contributed by atoms with Crippen LogP contribution in [0.3, 0.4) is 0 Å². The summed E-state index contributed by atoms with van der Waals surface area (Å²) in [5, 5.41) is 0. The van der Waals surface area contributed by atoms with E-state index in [-0.39, 0.29) is 5.97 Å². The van der Waals surface area contributed by atoms with Crippen molar-refractivity contribution in [3.63, 3.8) is 0 Å². The van der Waals surface area contributed by atoms with Gasteiger partial charge in [0.15, 0.2) is 0 Å². The number of rotatable bonds is 8. The first-order chi connectivity index (χ1) is 7.56. The molecule has 2 nitrogen and oxygen atoms in total. The molecule has 92 valence electrons. The molecule has 0 aliphatic carbocycles. The zero-order valence-electron chi connectivity index (χ0n) is 10.8. The van der Waals surface area contributed by atoms with Crippen LogP contribution < -0.4 is 0 Å². The van der Waals surface area contributed by atoms with Gasteiger partial charge in [0.1, 0.15) is 0 Å². The Morgan fingerprint density at radius 3 is 2.75 bits per heavy atom. The van der Waals surface area contributed by atoms with E-state index < -0.39 is 0 Å². The van der Waals surface area contributed by atoms with Crippen LogP contribution in [0.25, 0.3) is 0 Å². The van der Waals surface area contributed by atoms with E-state index in [0.29, 0.717) is 18.9 Å². The molecule has 0 aromatic rings. The third kappa shape index (κ3) is 9.50. The predicted molar refractivity (Wildman–Crippen MR) is 68.2 cm³/mol. The van der Waals surface area contributed by atoms with Crippen molar-refractivity contribution in [2.24, 2.45) is 5.92 Å². The molecule has 16 heavy (non-hydrogen) atoms. The fraction of sp³-hybridized carbons (Fsp3) is 0.643. The molecule has 1 unspecified atom stereocenters. The van der Waals surface area contributed by atoms with E-state index in [0.717, 1.165) is 24.8 Å². The fourth-order valence-corrected chi connectivity index (χ4v) is 1.27. The molecule has 0 saturated carbocycles. The van der Waals surface area contributed by atoms with Crippen molar-refractivity contribution in [3.8, 4) is 0 Å². The van der Waals surface area contributed by atoms with Gasteiger partial charge in [-0.25, -0.2) is 0 Å². The lowest BCUT2D eigenvalue weighted by Gasteiger charge is -2.09. The monoisotopic (exact) mass is 224 g/mol. The summed E-state index contributed by atoms with van der Waals surface area (Å²) in [6.45, 7) is 10.5. The largest absolute Gasteiger partial charge is 0.466 e. The Balaban J connectivity index is 3.54. The SMILES string of the molecule is C=C(C)C=CCC(C)CCOC(=O)CCC. The molecular weight excluding hydrogens is 200 g/mol. The van der Waals surface area contributed by atoms with Gasteiger partial charge in [0.25, 0.3) is 0 Å². The smallest absolute Gasteiger partial charge is 0.305 e. The maximum atomic E-state index is 11.1. The lowest BCUT2D eigenvalue weighted by atomic mass is 10.0. The van der Waals surface area contributed by atoms with E-state index in [1.165, 1.54) is 0 Å². The Morgan fingerprint density at radius 2 is 2.19 bits per heavy atom. The van der Waals surface area contributed by atoms with Gasteiger partial charge in [0.2, 0.25) is 0 Å². The van der Waals surface area contributed by atoms with Crippen molar-refractivity contribution in [3.05, 3.63) is 24.3 Å². The van der Waals surface area contributed by atoms with Crippen LogP contribution in [0.1, 0.15) is 46.5 Å². The lowest BCUT2D eigenvalue weighted by Crippen LogP contribution is -2.07. The van der Waals surface area contributed by atoms with E-state index in [2.05, 4.69) is 19.6 Å². The third-order valence-electron chi connectivity index (χ3n) is 2.27. The normalized spacial score (nSPS) is 12.7. The molecule has 0 aliphatic heterocycles. The molecule has 0 amide bonds. The molecule has 0 aliphatic rings. The van der Waals surface area contributed by atoms with Gasteiger partial charge in [-0.2, -0.15) is 0 Å². The van der Waals surface area contributed by atoms with E-state index >= 15 is 0 Å². The van der Waals surface area contributed by atoms with Crippen molar-refractivity contribution in [1.29, 1.82) is 0 Å². The van der Waals surface area contributed by atoms with Crippen molar-refractivity contribution < 1.29 is 9.53 Å². The lowest BCUT2D eigenvalue weighted by molar-refractivity contribution is -0.144. The maximum absolute atomic E-state index is 11.1. The Bertz CT molecular complexity index is 241.